The Bertz CT molecular complexity index is 1090. The summed E-state index contributed by atoms with van der Waals surface area (Å²) < 4.78 is 18.5. The molecule has 0 aliphatic carbocycles. The van der Waals surface area contributed by atoms with E-state index in [0.29, 0.717) is 28.7 Å². The number of ether oxygens (including phenoxy) is 3. The summed E-state index contributed by atoms with van der Waals surface area (Å²) in [5.74, 6) is 0.956. The Morgan fingerprint density at radius 1 is 1.10 bits per heavy atom. The van der Waals surface area contributed by atoms with Crippen molar-refractivity contribution in [1.29, 1.82) is 0 Å². The Balaban J connectivity index is 1.99. The molecular weight excluding hydrogens is 390 g/mol. The van der Waals surface area contributed by atoms with Crippen molar-refractivity contribution in [3.8, 4) is 33.9 Å². The number of benzene rings is 2. The van der Waals surface area contributed by atoms with Crippen LogP contribution in [0.4, 0.5) is 0 Å². The van der Waals surface area contributed by atoms with Crippen molar-refractivity contribution in [3.63, 3.8) is 0 Å². The van der Waals surface area contributed by atoms with Crippen molar-refractivity contribution in [1.82, 2.24) is 4.57 Å². The van der Waals surface area contributed by atoms with Crippen LogP contribution in [0.1, 0.15) is 22.8 Å². The van der Waals surface area contributed by atoms with Crippen molar-refractivity contribution < 1.29 is 19.0 Å². The van der Waals surface area contributed by atoms with Crippen LogP contribution in [0.25, 0.3) is 22.4 Å². The topological polar surface area (TPSA) is 49.7 Å². The number of rotatable bonds is 5. The quantitative estimate of drug-likeness (QED) is 0.540. The van der Waals surface area contributed by atoms with Crippen LogP contribution in [0.2, 0.25) is 5.02 Å². The molecule has 0 unspecified atom stereocenters. The standard InChI is InChI=1S/C23H22ClNO4/c1-4-29-23(26)21-18(14-6-5-7-16(24)10-14)13-25-9-8-15-11-19(27-2)20(28-3)12-17(15)22(21)25/h5-7,10-13H,4,8-9H2,1-3H3. The van der Waals surface area contributed by atoms with Gasteiger partial charge in [0.2, 0.25) is 0 Å². The molecule has 1 aliphatic heterocycles. The average molecular weight is 412 g/mol. The lowest BCUT2D eigenvalue weighted by Crippen LogP contribution is -2.14. The molecule has 150 valence electrons. The van der Waals surface area contributed by atoms with Crippen molar-refractivity contribution in [2.24, 2.45) is 0 Å². The van der Waals surface area contributed by atoms with E-state index in [-0.39, 0.29) is 5.97 Å². The normalized spacial score (nSPS) is 12.1. The van der Waals surface area contributed by atoms with Gasteiger partial charge in [0.15, 0.2) is 11.5 Å². The smallest absolute Gasteiger partial charge is 0.340 e. The number of fused-ring (bicyclic) bond motifs is 3. The van der Waals surface area contributed by atoms with E-state index in [1.165, 1.54) is 0 Å². The number of aryl methyl sites for hydroxylation is 2. The average Bonchev–Trinajstić information content (AvgIpc) is 3.13. The molecule has 3 aromatic rings. The predicted molar refractivity (Wildman–Crippen MR) is 113 cm³/mol. The number of methoxy groups -OCH3 is 2. The molecule has 0 saturated heterocycles. The van der Waals surface area contributed by atoms with Gasteiger partial charge in [-0.2, -0.15) is 0 Å². The minimum Gasteiger partial charge on any atom is -0.493 e. The number of hydrogen-bond acceptors (Lipinski definition) is 4. The zero-order valence-electron chi connectivity index (χ0n) is 16.6. The van der Waals surface area contributed by atoms with Gasteiger partial charge >= 0.3 is 5.97 Å². The Morgan fingerprint density at radius 2 is 1.86 bits per heavy atom. The minimum absolute atomic E-state index is 0.303. The summed E-state index contributed by atoms with van der Waals surface area (Å²) in [5, 5.41) is 0.619. The highest BCUT2D eigenvalue weighted by atomic mass is 35.5. The molecule has 0 N–H and O–H groups in total. The van der Waals surface area contributed by atoms with Gasteiger partial charge < -0.3 is 18.8 Å². The second kappa shape index (κ2) is 7.84. The highest BCUT2D eigenvalue weighted by Crippen LogP contribution is 2.43. The van der Waals surface area contributed by atoms with Gasteiger partial charge in [0.05, 0.1) is 32.1 Å². The monoisotopic (exact) mass is 411 g/mol. The molecule has 0 saturated carbocycles. The Kier molecular flexibility index (Phi) is 5.24. The summed E-state index contributed by atoms with van der Waals surface area (Å²) in [6.45, 7) is 2.86. The summed E-state index contributed by atoms with van der Waals surface area (Å²) in [4.78, 5) is 13.0. The molecule has 6 heteroatoms. The highest BCUT2D eigenvalue weighted by Gasteiger charge is 2.29. The van der Waals surface area contributed by atoms with Gasteiger partial charge in [-0.1, -0.05) is 23.7 Å². The van der Waals surface area contributed by atoms with Crippen molar-refractivity contribution in [2.75, 3.05) is 20.8 Å². The van der Waals surface area contributed by atoms with E-state index in [2.05, 4.69) is 4.57 Å². The van der Waals surface area contributed by atoms with Crippen LogP contribution in [-0.4, -0.2) is 31.4 Å². The fraction of sp³-hybridized carbons (Fsp3) is 0.261. The predicted octanol–water partition coefficient (Wildman–Crippen LogP) is 5.23. The Hall–Kier alpha value is -2.92. The van der Waals surface area contributed by atoms with Crippen LogP contribution in [0.3, 0.4) is 0 Å². The van der Waals surface area contributed by atoms with Gasteiger partial charge in [0, 0.05) is 28.9 Å². The third-order valence-electron chi connectivity index (χ3n) is 5.18. The second-order valence-electron chi connectivity index (χ2n) is 6.80. The van der Waals surface area contributed by atoms with E-state index in [0.717, 1.165) is 40.9 Å². The van der Waals surface area contributed by atoms with Crippen LogP contribution >= 0.6 is 11.6 Å². The number of esters is 1. The molecule has 2 heterocycles. The summed E-state index contributed by atoms with van der Waals surface area (Å²) in [7, 11) is 3.23. The maximum atomic E-state index is 13.0. The van der Waals surface area contributed by atoms with Gasteiger partial charge in [0.1, 0.15) is 0 Å². The third kappa shape index (κ3) is 3.36. The number of nitrogens with zero attached hydrogens (tertiary/aromatic N) is 1. The lowest BCUT2D eigenvalue weighted by atomic mass is 9.93. The van der Waals surface area contributed by atoms with Crippen LogP contribution in [0.15, 0.2) is 42.6 Å². The SMILES string of the molecule is CCOC(=O)c1c(-c2cccc(Cl)c2)cn2c1-c1cc(OC)c(OC)cc1CC2. The third-order valence-corrected chi connectivity index (χ3v) is 5.42. The molecule has 2 aromatic carbocycles. The Labute approximate surface area is 174 Å². The molecule has 29 heavy (non-hydrogen) atoms. The Morgan fingerprint density at radius 3 is 2.55 bits per heavy atom. The van der Waals surface area contributed by atoms with Gasteiger partial charge in [-0.15, -0.1) is 0 Å². The van der Waals surface area contributed by atoms with Gasteiger partial charge in [0.25, 0.3) is 0 Å². The largest absolute Gasteiger partial charge is 0.493 e. The van der Waals surface area contributed by atoms with E-state index in [9.17, 15) is 4.79 Å². The maximum Gasteiger partial charge on any atom is 0.340 e. The number of carbonyl (C=O) groups is 1. The highest BCUT2D eigenvalue weighted by molar-refractivity contribution is 6.30. The molecule has 4 rings (SSSR count). The molecule has 0 spiro atoms. The lowest BCUT2D eigenvalue weighted by molar-refractivity contribution is 0.0528. The van der Waals surface area contributed by atoms with Crippen LogP contribution in [0.5, 0.6) is 11.5 Å². The fourth-order valence-electron chi connectivity index (χ4n) is 3.90. The molecule has 0 fully saturated rings. The molecule has 0 bridgehead atoms. The van der Waals surface area contributed by atoms with Gasteiger partial charge in [-0.3, -0.25) is 0 Å². The number of halogens is 1. The van der Waals surface area contributed by atoms with Crippen molar-refractivity contribution in [3.05, 3.63) is 58.7 Å². The summed E-state index contributed by atoms with van der Waals surface area (Å²) in [6, 6.07) is 11.4. The van der Waals surface area contributed by atoms with E-state index in [1.807, 2.05) is 42.6 Å². The van der Waals surface area contributed by atoms with E-state index in [4.69, 9.17) is 25.8 Å². The molecule has 0 radical (unpaired) electrons. The first-order valence-corrected chi connectivity index (χ1v) is 9.86. The van der Waals surface area contributed by atoms with Gasteiger partial charge in [-0.25, -0.2) is 4.79 Å². The van der Waals surface area contributed by atoms with Crippen LogP contribution in [0, 0.1) is 0 Å². The number of aromatic nitrogens is 1. The summed E-state index contributed by atoms with van der Waals surface area (Å²) in [6.07, 6.45) is 2.83. The van der Waals surface area contributed by atoms with Gasteiger partial charge in [-0.05, 0) is 48.7 Å². The molecule has 1 aliphatic rings. The van der Waals surface area contributed by atoms with E-state index < -0.39 is 0 Å². The first-order valence-electron chi connectivity index (χ1n) is 9.48. The lowest BCUT2D eigenvalue weighted by Gasteiger charge is -2.22. The van der Waals surface area contributed by atoms with E-state index >= 15 is 0 Å². The summed E-state index contributed by atoms with van der Waals surface area (Å²) >= 11 is 6.22. The first-order chi connectivity index (χ1) is 14.1. The fourth-order valence-corrected chi connectivity index (χ4v) is 4.09. The summed E-state index contributed by atoms with van der Waals surface area (Å²) in [5.41, 5.74) is 5.12. The molecule has 5 nitrogen and oxygen atoms in total. The molecule has 1 aromatic heterocycles. The van der Waals surface area contributed by atoms with Crippen molar-refractivity contribution >= 4 is 17.6 Å². The first kappa shape index (κ1) is 19.4. The zero-order chi connectivity index (χ0) is 20.5. The minimum atomic E-state index is -0.348. The van der Waals surface area contributed by atoms with Crippen LogP contribution < -0.4 is 9.47 Å². The van der Waals surface area contributed by atoms with Crippen LogP contribution in [-0.2, 0) is 17.7 Å². The number of carbonyl (C=O) groups excluding carboxylic acids is 1. The van der Waals surface area contributed by atoms with Crippen molar-refractivity contribution in [2.45, 2.75) is 19.9 Å². The maximum absolute atomic E-state index is 13.0. The zero-order valence-corrected chi connectivity index (χ0v) is 17.4. The molecular formula is C23H22ClNO4. The molecule has 0 atom stereocenters. The number of hydrogen-bond donors (Lipinski definition) is 0. The van der Waals surface area contributed by atoms with E-state index in [1.54, 1.807) is 21.1 Å². The second-order valence-corrected chi connectivity index (χ2v) is 7.24. The molecule has 0 amide bonds.